The Balaban J connectivity index is 1.56. The second-order valence-electron chi connectivity index (χ2n) is 6.87. The third-order valence-corrected chi connectivity index (χ3v) is 6.37. The quantitative estimate of drug-likeness (QED) is 0.387. The Bertz CT molecular complexity index is 1370. The summed E-state index contributed by atoms with van der Waals surface area (Å²) >= 11 is 0. The van der Waals surface area contributed by atoms with Crippen molar-refractivity contribution >= 4 is 27.0 Å². The Labute approximate surface area is 184 Å². The van der Waals surface area contributed by atoms with Gasteiger partial charge in [0, 0.05) is 12.4 Å². The number of hydrogen-bond acceptors (Lipinski definition) is 6. The number of pyridine rings is 2. The van der Waals surface area contributed by atoms with E-state index in [1.165, 1.54) is 42.7 Å². The van der Waals surface area contributed by atoms with Crippen LogP contribution in [0.3, 0.4) is 0 Å². The molecule has 0 aliphatic carbocycles. The first kappa shape index (κ1) is 21.1. The maximum Gasteiger partial charge on any atom is 0.257 e. The van der Waals surface area contributed by atoms with E-state index >= 15 is 0 Å². The van der Waals surface area contributed by atoms with E-state index in [9.17, 15) is 13.4 Å². The number of benzene rings is 2. The summed E-state index contributed by atoms with van der Waals surface area (Å²) in [6, 6.07) is 18.7. The molecule has 4 N–H and O–H groups in total. The minimum Gasteiger partial charge on any atom is -0.397 e. The number of nitrogens with zero attached hydrogens (tertiary/aromatic N) is 2. The van der Waals surface area contributed by atoms with Gasteiger partial charge in [-0.1, -0.05) is 24.3 Å². The molecular formula is C23H18FN5O2S. The zero-order valence-corrected chi connectivity index (χ0v) is 17.5. The fourth-order valence-corrected chi connectivity index (χ4v) is 4.14. The number of aromatic nitrogens is 2. The SMILES string of the molecule is N=S(=O)(c1ccccn1)c1ccc(C(=O)Nc2cc(-c3ccc(F)cc3)ccc2N)cn1. The second-order valence-corrected chi connectivity index (χ2v) is 8.82. The average Bonchev–Trinajstić information content (AvgIpc) is 2.81. The molecule has 0 saturated carbocycles. The average molecular weight is 447 g/mol. The van der Waals surface area contributed by atoms with E-state index in [4.69, 9.17) is 10.5 Å². The van der Waals surface area contributed by atoms with Crippen molar-refractivity contribution in [1.82, 2.24) is 9.97 Å². The van der Waals surface area contributed by atoms with Crippen LogP contribution in [0.2, 0.25) is 0 Å². The van der Waals surface area contributed by atoms with Crippen LogP contribution in [-0.2, 0) is 9.73 Å². The van der Waals surface area contributed by atoms with E-state index in [1.807, 2.05) is 0 Å². The van der Waals surface area contributed by atoms with Crippen molar-refractivity contribution in [1.29, 1.82) is 4.78 Å². The molecule has 2 aromatic heterocycles. The molecule has 2 heterocycles. The molecule has 1 atom stereocenters. The smallest absolute Gasteiger partial charge is 0.257 e. The maximum atomic E-state index is 13.2. The molecule has 0 saturated heterocycles. The third-order valence-electron chi connectivity index (χ3n) is 4.70. The number of rotatable bonds is 5. The van der Waals surface area contributed by atoms with Crippen molar-refractivity contribution in [3.8, 4) is 11.1 Å². The molecule has 0 fully saturated rings. The minimum atomic E-state index is -3.39. The standard InChI is InChI=1S/C23H18FN5O2S/c24-18-8-4-15(5-9-18)16-6-10-19(25)20(13-16)29-23(30)17-7-11-22(28-14-17)32(26,31)21-3-1-2-12-27-21/h1-14,26H,25H2,(H,29,30). The lowest BCUT2D eigenvalue weighted by atomic mass is 10.0. The Morgan fingerprint density at radius 2 is 1.66 bits per heavy atom. The molecule has 9 heteroatoms. The van der Waals surface area contributed by atoms with Crippen LogP contribution in [-0.4, -0.2) is 20.1 Å². The van der Waals surface area contributed by atoms with Gasteiger partial charge in [-0.25, -0.2) is 23.3 Å². The van der Waals surface area contributed by atoms with Crippen LogP contribution in [0.1, 0.15) is 10.4 Å². The van der Waals surface area contributed by atoms with Crippen molar-refractivity contribution in [3.63, 3.8) is 0 Å². The fraction of sp³-hybridized carbons (Fsp3) is 0. The molecule has 1 amide bonds. The molecular weight excluding hydrogens is 429 g/mol. The van der Waals surface area contributed by atoms with Gasteiger partial charge < -0.3 is 11.1 Å². The number of carbonyl (C=O) groups excluding carboxylic acids is 1. The van der Waals surface area contributed by atoms with E-state index in [-0.39, 0.29) is 21.4 Å². The molecule has 7 nitrogen and oxygen atoms in total. The van der Waals surface area contributed by atoms with Crippen LogP contribution in [0, 0.1) is 10.6 Å². The Morgan fingerprint density at radius 1 is 0.938 bits per heavy atom. The summed E-state index contributed by atoms with van der Waals surface area (Å²) in [7, 11) is -3.39. The zero-order chi connectivity index (χ0) is 22.7. The van der Waals surface area contributed by atoms with Crippen LogP contribution >= 0.6 is 0 Å². The fourth-order valence-electron chi connectivity index (χ4n) is 2.99. The number of nitrogens with two attached hydrogens (primary N) is 1. The van der Waals surface area contributed by atoms with E-state index in [0.29, 0.717) is 11.4 Å². The molecule has 32 heavy (non-hydrogen) atoms. The summed E-state index contributed by atoms with van der Waals surface area (Å²) in [6.07, 6.45) is 2.71. The number of amides is 1. The van der Waals surface area contributed by atoms with Crippen LogP contribution in [0.25, 0.3) is 11.1 Å². The lowest BCUT2D eigenvalue weighted by Crippen LogP contribution is -2.14. The highest BCUT2D eigenvalue weighted by Gasteiger charge is 2.17. The van der Waals surface area contributed by atoms with Gasteiger partial charge in [0.05, 0.1) is 16.9 Å². The predicted molar refractivity (Wildman–Crippen MR) is 120 cm³/mol. The van der Waals surface area contributed by atoms with Gasteiger partial charge in [0.25, 0.3) is 5.91 Å². The molecule has 160 valence electrons. The highest BCUT2D eigenvalue weighted by molar-refractivity contribution is 7.92. The van der Waals surface area contributed by atoms with Crippen LogP contribution in [0.15, 0.2) is 95.2 Å². The monoisotopic (exact) mass is 447 g/mol. The van der Waals surface area contributed by atoms with Crippen molar-refractivity contribution in [2.75, 3.05) is 11.1 Å². The summed E-state index contributed by atoms with van der Waals surface area (Å²) in [5.74, 6) is -0.811. The molecule has 0 spiro atoms. The van der Waals surface area contributed by atoms with E-state index in [1.54, 1.807) is 42.5 Å². The van der Waals surface area contributed by atoms with Crippen molar-refractivity contribution in [2.24, 2.45) is 0 Å². The second kappa shape index (κ2) is 8.56. The van der Waals surface area contributed by atoms with Crippen LogP contribution in [0.4, 0.5) is 15.8 Å². The summed E-state index contributed by atoms with van der Waals surface area (Å²) in [6.45, 7) is 0. The third kappa shape index (κ3) is 4.33. The molecule has 4 rings (SSSR count). The normalized spacial score (nSPS) is 12.7. The van der Waals surface area contributed by atoms with Gasteiger partial charge in [-0.15, -0.1) is 0 Å². The molecule has 0 aliphatic rings. The molecule has 2 aromatic carbocycles. The molecule has 0 aliphatic heterocycles. The number of hydrogen-bond donors (Lipinski definition) is 3. The first-order valence-corrected chi connectivity index (χ1v) is 11.0. The van der Waals surface area contributed by atoms with Crippen LogP contribution < -0.4 is 11.1 Å². The first-order chi connectivity index (χ1) is 15.3. The summed E-state index contributed by atoms with van der Waals surface area (Å²) in [5.41, 5.74) is 8.48. The Kier molecular flexibility index (Phi) is 5.65. The van der Waals surface area contributed by atoms with Gasteiger partial charge >= 0.3 is 0 Å². The van der Waals surface area contributed by atoms with Crippen LogP contribution in [0.5, 0.6) is 0 Å². The number of nitrogens with one attached hydrogen (secondary N) is 2. The first-order valence-electron chi connectivity index (χ1n) is 9.47. The lowest BCUT2D eigenvalue weighted by molar-refractivity contribution is 0.102. The number of halogens is 1. The van der Waals surface area contributed by atoms with Gasteiger partial charge in [0.2, 0.25) is 0 Å². The number of carbonyl (C=O) groups is 1. The number of anilines is 2. The number of nitrogen functional groups attached to an aromatic ring is 1. The molecule has 4 aromatic rings. The van der Waals surface area contributed by atoms with Gasteiger partial charge in [0.1, 0.15) is 25.6 Å². The summed E-state index contributed by atoms with van der Waals surface area (Å²) in [5, 5.41) is 2.83. The van der Waals surface area contributed by atoms with Crippen molar-refractivity contribution in [3.05, 3.63) is 96.6 Å². The van der Waals surface area contributed by atoms with Gasteiger partial charge in [-0.2, -0.15) is 0 Å². The van der Waals surface area contributed by atoms with Gasteiger partial charge in [-0.3, -0.25) is 4.79 Å². The zero-order valence-electron chi connectivity index (χ0n) is 16.7. The molecule has 0 radical (unpaired) electrons. The van der Waals surface area contributed by atoms with Gasteiger partial charge in [-0.05, 0) is 59.7 Å². The molecule has 0 bridgehead atoms. The van der Waals surface area contributed by atoms with Crippen molar-refractivity contribution < 1.29 is 13.4 Å². The van der Waals surface area contributed by atoms with Crippen molar-refractivity contribution in [2.45, 2.75) is 10.1 Å². The van der Waals surface area contributed by atoms with E-state index in [0.717, 1.165) is 11.1 Å². The Morgan fingerprint density at radius 3 is 2.31 bits per heavy atom. The molecule has 1 unspecified atom stereocenters. The predicted octanol–water partition coefficient (Wildman–Crippen LogP) is 4.58. The summed E-state index contributed by atoms with van der Waals surface area (Å²) in [4.78, 5) is 20.7. The largest absolute Gasteiger partial charge is 0.397 e. The minimum absolute atomic E-state index is 0.00516. The van der Waals surface area contributed by atoms with E-state index < -0.39 is 15.6 Å². The highest BCUT2D eigenvalue weighted by atomic mass is 32.2. The maximum absolute atomic E-state index is 13.2. The van der Waals surface area contributed by atoms with Gasteiger partial charge in [0.15, 0.2) is 0 Å². The highest BCUT2D eigenvalue weighted by Crippen LogP contribution is 2.28. The summed E-state index contributed by atoms with van der Waals surface area (Å²) < 4.78 is 34.2. The van der Waals surface area contributed by atoms with E-state index in [2.05, 4.69) is 15.3 Å². The Hall–Kier alpha value is -4.11. The lowest BCUT2D eigenvalue weighted by Gasteiger charge is -2.11. The topological polar surface area (TPSA) is 122 Å².